The maximum Gasteiger partial charge on any atom is 0.433 e. The summed E-state index contributed by atoms with van der Waals surface area (Å²) in [6, 6.07) is 9.37. The van der Waals surface area contributed by atoms with Crippen LogP contribution >= 0.6 is 23.4 Å². The standard InChI is InChI=1S/C15H9ClF3N3OS/c16-10-3-1-9(2-4-10)14-22-21-13(23-14)8-24-11-5-6-20-12(7-11)15(17,18)19/h1-7H,8H2. The van der Waals surface area contributed by atoms with Gasteiger partial charge in [-0.15, -0.1) is 22.0 Å². The van der Waals surface area contributed by atoms with Gasteiger partial charge in [-0.3, -0.25) is 4.98 Å². The van der Waals surface area contributed by atoms with Crippen LogP contribution in [0.4, 0.5) is 13.2 Å². The first-order chi connectivity index (χ1) is 11.4. The van der Waals surface area contributed by atoms with Gasteiger partial charge >= 0.3 is 6.18 Å². The molecule has 0 bridgehead atoms. The summed E-state index contributed by atoms with van der Waals surface area (Å²) < 4.78 is 43.4. The Bertz CT molecular complexity index is 836. The molecule has 24 heavy (non-hydrogen) atoms. The molecular formula is C15H9ClF3N3OS. The van der Waals surface area contributed by atoms with E-state index in [1.807, 2.05) is 0 Å². The molecule has 0 N–H and O–H groups in total. The van der Waals surface area contributed by atoms with E-state index in [-0.39, 0.29) is 5.75 Å². The lowest BCUT2D eigenvalue weighted by atomic mass is 10.2. The molecule has 4 nitrogen and oxygen atoms in total. The van der Waals surface area contributed by atoms with Crippen molar-refractivity contribution in [2.75, 3.05) is 0 Å². The van der Waals surface area contributed by atoms with E-state index in [1.54, 1.807) is 24.3 Å². The number of halogens is 4. The van der Waals surface area contributed by atoms with Gasteiger partial charge < -0.3 is 4.42 Å². The summed E-state index contributed by atoms with van der Waals surface area (Å²) in [6.45, 7) is 0. The number of alkyl halides is 3. The lowest BCUT2D eigenvalue weighted by Crippen LogP contribution is -2.07. The highest BCUT2D eigenvalue weighted by Gasteiger charge is 2.32. The molecule has 0 aliphatic rings. The van der Waals surface area contributed by atoms with Crippen LogP contribution in [0.15, 0.2) is 51.9 Å². The Morgan fingerprint density at radius 2 is 1.83 bits per heavy atom. The third-order valence-electron chi connectivity index (χ3n) is 2.94. The summed E-state index contributed by atoms with van der Waals surface area (Å²) in [5.41, 5.74) is -0.216. The number of hydrogen-bond donors (Lipinski definition) is 0. The predicted molar refractivity (Wildman–Crippen MR) is 83.5 cm³/mol. The predicted octanol–water partition coefficient (Wildman–Crippen LogP) is 5.10. The van der Waals surface area contributed by atoms with Crippen molar-refractivity contribution in [2.45, 2.75) is 16.8 Å². The molecule has 2 aromatic heterocycles. The summed E-state index contributed by atoms with van der Waals surface area (Å²) in [6.07, 6.45) is -3.35. The average Bonchev–Trinajstić information content (AvgIpc) is 3.02. The van der Waals surface area contributed by atoms with E-state index in [0.717, 1.165) is 24.0 Å². The van der Waals surface area contributed by atoms with Gasteiger partial charge in [0.25, 0.3) is 0 Å². The lowest BCUT2D eigenvalue weighted by molar-refractivity contribution is -0.141. The van der Waals surface area contributed by atoms with Crippen LogP contribution in [0.1, 0.15) is 11.6 Å². The molecule has 0 saturated heterocycles. The maximum absolute atomic E-state index is 12.6. The minimum atomic E-state index is -4.47. The van der Waals surface area contributed by atoms with Crippen LogP contribution in [0.3, 0.4) is 0 Å². The van der Waals surface area contributed by atoms with Crippen molar-refractivity contribution < 1.29 is 17.6 Å². The highest BCUT2D eigenvalue weighted by Crippen LogP contribution is 2.31. The second-order valence-electron chi connectivity index (χ2n) is 4.67. The summed E-state index contributed by atoms with van der Waals surface area (Å²) in [5, 5.41) is 8.40. The van der Waals surface area contributed by atoms with E-state index in [0.29, 0.717) is 27.3 Å². The molecule has 0 atom stereocenters. The fourth-order valence-corrected chi connectivity index (χ4v) is 2.71. The van der Waals surface area contributed by atoms with Crippen LogP contribution < -0.4 is 0 Å². The first-order valence-electron chi connectivity index (χ1n) is 6.66. The molecule has 3 rings (SSSR count). The van der Waals surface area contributed by atoms with Crippen LogP contribution in [-0.4, -0.2) is 15.2 Å². The van der Waals surface area contributed by atoms with Gasteiger partial charge in [0.05, 0.1) is 5.75 Å². The van der Waals surface area contributed by atoms with Gasteiger partial charge in [-0.25, -0.2) is 0 Å². The minimum Gasteiger partial charge on any atom is -0.420 e. The van der Waals surface area contributed by atoms with Crippen molar-refractivity contribution in [3.05, 3.63) is 59.2 Å². The molecule has 0 aliphatic heterocycles. The largest absolute Gasteiger partial charge is 0.433 e. The highest BCUT2D eigenvalue weighted by atomic mass is 35.5. The maximum atomic E-state index is 12.6. The zero-order chi connectivity index (χ0) is 17.2. The number of hydrogen-bond acceptors (Lipinski definition) is 5. The number of rotatable bonds is 4. The monoisotopic (exact) mass is 371 g/mol. The number of nitrogens with zero attached hydrogens (tertiary/aromatic N) is 3. The van der Waals surface area contributed by atoms with Crippen LogP contribution in [0.5, 0.6) is 0 Å². The molecule has 2 heterocycles. The number of benzene rings is 1. The summed E-state index contributed by atoms with van der Waals surface area (Å²) in [7, 11) is 0. The quantitative estimate of drug-likeness (QED) is 0.597. The molecular weight excluding hydrogens is 363 g/mol. The normalized spacial score (nSPS) is 11.7. The first kappa shape index (κ1) is 16.8. The number of pyridine rings is 1. The van der Waals surface area contributed by atoms with E-state index in [2.05, 4.69) is 15.2 Å². The molecule has 0 aliphatic carbocycles. The smallest absolute Gasteiger partial charge is 0.420 e. The first-order valence-corrected chi connectivity index (χ1v) is 8.02. The molecule has 0 amide bonds. The van der Waals surface area contributed by atoms with Crippen LogP contribution in [0.2, 0.25) is 5.02 Å². The van der Waals surface area contributed by atoms with Gasteiger partial charge in [-0.05, 0) is 36.4 Å². The van der Waals surface area contributed by atoms with Gasteiger partial charge in [0, 0.05) is 21.7 Å². The topological polar surface area (TPSA) is 51.8 Å². The summed E-state index contributed by atoms with van der Waals surface area (Å²) >= 11 is 6.97. The van der Waals surface area contributed by atoms with E-state index in [9.17, 15) is 13.2 Å². The van der Waals surface area contributed by atoms with E-state index >= 15 is 0 Å². The van der Waals surface area contributed by atoms with Crippen molar-refractivity contribution in [1.29, 1.82) is 0 Å². The lowest BCUT2D eigenvalue weighted by Gasteiger charge is -2.06. The number of aromatic nitrogens is 3. The molecule has 0 fully saturated rings. The third kappa shape index (κ3) is 4.07. The fraction of sp³-hybridized carbons (Fsp3) is 0.133. The second kappa shape index (κ2) is 6.82. The molecule has 124 valence electrons. The molecule has 0 radical (unpaired) electrons. The minimum absolute atomic E-state index is 0.252. The Morgan fingerprint density at radius 1 is 1.08 bits per heavy atom. The fourth-order valence-electron chi connectivity index (χ4n) is 1.82. The average molecular weight is 372 g/mol. The van der Waals surface area contributed by atoms with E-state index in [4.69, 9.17) is 16.0 Å². The Morgan fingerprint density at radius 3 is 2.54 bits per heavy atom. The van der Waals surface area contributed by atoms with Crippen molar-refractivity contribution in [2.24, 2.45) is 0 Å². The SMILES string of the molecule is FC(F)(F)c1cc(SCc2nnc(-c3ccc(Cl)cc3)o2)ccn1. The van der Waals surface area contributed by atoms with Gasteiger partial charge in [-0.2, -0.15) is 13.2 Å². The second-order valence-corrected chi connectivity index (χ2v) is 6.16. The molecule has 1 aromatic carbocycles. The Balaban J connectivity index is 1.69. The Hall–Kier alpha value is -2.06. The van der Waals surface area contributed by atoms with Gasteiger partial charge in [-0.1, -0.05) is 11.6 Å². The summed E-state index contributed by atoms with van der Waals surface area (Å²) in [4.78, 5) is 3.74. The zero-order valence-electron chi connectivity index (χ0n) is 11.9. The van der Waals surface area contributed by atoms with Crippen LogP contribution in [0.25, 0.3) is 11.5 Å². The van der Waals surface area contributed by atoms with Crippen molar-refractivity contribution in [1.82, 2.24) is 15.2 Å². The molecule has 0 unspecified atom stereocenters. The van der Waals surface area contributed by atoms with Crippen molar-refractivity contribution in [3.63, 3.8) is 0 Å². The Kier molecular flexibility index (Phi) is 4.77. The molecule has 9 heteroatoms. The van der Waals surface area contributed by atoms with E-state index < -0.39 is 11.9 Å². The van der Waals surface area contributed by atoms with Gasteiger partial charge in [0.15, 0.2) is 0 Å². The van der Waals surface area contributed by atoms with Gasteiger partial charge in [0.1, 0.15) is 5.69 Å². The van der Waals surface area contributed by atoms with Crippen molar-refractivity contribution in [3.8, 4) is 11.5 Å². The highest BCUT2D eigenvalue weighted by molar-refractivity contribution is 7.98. The third-order valence-corrected chi connectivity index (χ3v) is 4.17. The zero-order valence-corrected chi connectivity index (χ0v) is 13.5. The summed E-state index contributed by atoms with van der Waals surface area (Å²) in [5.74, 6) is 0.894. The molecule has 0 spiro atoms. The molecule has 0 saturated carbocycles. The van der Waals surface area contributed by atoms with E-state index in [1.165, 1.54) is 6.07 Å². The number of thioether (sulfide) groups is 1. The van der Waals surface area contributed by atoms with Crippen LogP contribution in [0, 0.1) is 0 Å². The van der Waals surface area contributed by atoms with Crippen molar-refractivity contribution >= 4 is 23.4 Å². The molecule has 3 aromatic rings. The van der Waals surface area contributed by atoms with Crippen LogP contribution in [-0.2, 0) is 11.9 Å². The van der Waals surface area contributed by atoms with Gasteiger partial charge in [0.2, 0.25) is 11.8 Å². The Labute approximate surface area is 144 Å².